The number of tetrazole rings is 1. The van der Waals surface area contributed by atoms with E-state index in [1.54, 1.807) is 26.2 Å². The Labute approximate surface area is 151 Å². The lowest BCUT2D eigenvalue weighted by atomic mass is 10.2. The second-order valence-corrected chi connectivity index (χ2v) is 7.57. The van der Waals surface area contributed by atoms with Crippen molar-refractivity contribution in [2.75, 3.05) is 7.11 Å². The standard InChI is InChI=1S/C17H19N5O3S/c1-12-4-6-14(7-5-12)22-17(19-20-21-22)11-18-26(23,24)15-8-9-16(25-3)13(2)10-15/h4-10,18H,11H2,1-3H3. The van der Waals surface area contributed by atoms with Gasteiger partial charge in [-0.15, -0.1) is 5.10 Å². The van der Waals surface area contributed by atoms with E-state index in [2.05, 4.69) is 20.2 Å². The summed E-state index contributed by atoms with van der Waals surface area (Å²) in [5.41, 5.74) is 2.61. The highest BCUT2D eigenvalue weighted by molar-refractivity contribution is 7.89. The Bertz CT molecular complexity index is 1010. The van der Waals surface area contributed by atoms with Crippen molar-refractivity contribution >= 4 is 10.0 Å². The molecule has 3 aromatic rings. The summed E-state index contributed by atoms with van der Waals surface area (Å²) < 4.78 is 34.3. The first kappa shape index (κ1) is 18.0. The van der Waals surface area contributed by atoms with Gasteiger partial charge in [-0.2, -0.15) is 4.68 Å². The van der Waals surface area contributed by atoms with Gasteiger partial charge in [0.15, 0.2) is 5.82 Å². The van der Waals surface area contributed by atoms with E-state index < -0.39 is 10.0 Å². The molecule has 8 nitrogen and oxygen atoms in total. The minimum Gasteiger partial charge on any atom is -0.496 e. The Hall–Kier alpha value is -2.78. The summed E-state index contributed by atoms with van der Waals surface area (Å²) in [6.45, 7) is 3.74. The number of rotatable bonds is 6. The molecule has 0 saturated carbocycles. The van der Waals surface area contributed by atoms with Crippen molar-refractivity contribution in [3.63, 3.8) is 0 Å². The number of nitrogens with zero attached hydrogens (tertiary/aromatic N) is 4. The fraction of sp³-hybridized carbons (Fsp3) is 0.235. The number of aryl methyl sites for hydroxylation is 2. The molecular formula is C17H19N5O3S. The first-order valence-corrected chi connectivity index (χ1v) is 9.37. The van der Waals surface area contributed by atoms with Crippen LogP contribution in [0.15, 0.2) is 47.4 Å². The second kappa shape index (κ2) is 7.22. The average molecular weight is 373 g/mol. The minimum atomic E-state index is -3.70. The molecule has 0 saturated heterocycles. The van der Waals surface area contributed by atoms with Gasteiger partial charge in [0.25, 0.3) is 0 Å². The number of methoxy groups -OCH3 is 1. The summed E-state index contributed by atoms with van der Waals surface area (Å²) in [6.07, 6.45) is 0. The summed E-state index contributed by atoms with van der Waals surface area (Å²) >= 11 is 0. The minimum absolute atomic E-state index is 0.0334. The monoisotopic (exact) mass is 373 g/mol. The van der Waals surface area contributed by atoms with Gasteiger partial charge in [-0.05, 0) is 60.2 Å². The van der Waals surface area contributed by atoms with E-state index in [0.717, 1.165) is 16.8 Å². The van der Waals surface area contributed by atoms with Crippen molar-refractivity contribution in [1.29, 1.82) is 0 Å². The number of ether oxygens (including phenoxy) is 1. The van der Waals surface area contributed by atoms with Crippen LogP contribution in [0.2, 0.25) is 0 Å². The van der Waals surface area contributed by atoms with Crippen LogP contribution in [-0.4, -0.2) is 35.7 Å². The maximum atomic E-state index is 12.5. The van der Waals surface area contributed by atoms with Gasteiger partial charge in [-0.3, -0.25) is 0 Å². The first-order valence-electron chi connectivity index (χ1n) is 7.89. The van der Waals surface area contributed by atoms with E-state index in [0.29, 0.717) is 11.6 Å². The zero-order valence-electron chi connectivity index (χ0n) is 14.7. The average Bonchev–Trinajstić information content (AvgIpc) is 3.09. The van der Waals surface area contributed by atoms with Crippen molar-refractivity contribution in [1.82, 2.24) is 24.9 Å². The summed E-state index contributed by atoms with van der Waals surface area (Å²) in [7, 11) is -2.16. The van der Waals surface area contributed by atoms with E-state index in [9.17, 15) is 8.42 Å². The molecule has 0 aliphatic rings. The maximum Gasteiger partial charge on any atom is 0.240 e. The van der Waals surface area contributed by atoms with Crippen molar-refractivity contribution in [2.45, 2.75) is 25.3 Å². The first-order chi connectivity index (χ1) is 12.4. The number of benzene rings is 2. The molecule has 0 atom stereocenters. The molecule has 1 aromatic heterocycles. The van der Waals surface area contributed by atoms with Gasteiger partial charge in [0, 0.05) is 0 Å². The van der Waals surface area contributed by atoms with Crippen LogP contribution in [0.1, 0.15) is 17.0 Å². The van der Waals surface area contributed by atoms with Crippen LogP contribution in [0.4, 0.5) is 0 Å². The van der Waals surface area contributed by atoms with E-state index in [1.165, 1.54) is 10.7 Å². The number of sulfonamides is 1. The van der Waals surface area contributed by atoms with Crippen LogP contribution < -0.4 is 9.46 Å². The van der Waals surface area contributed by atoms with Crippen LogP contribution in [0.25, 0.3) is 5.69 Å². The number of hydrogen-bond donors (Lipinski definition) is 1. The molecular weight excluding hydrogens is 354 g/mol. The Morgan fingerprint density at radius 2 is 1.85 bits per heavy atom. The predicted molar refractivity (Wildman–Crippen MR) is 95.6 cm³/mol. The van der Waals surface area contributed by atoms with Crippen molar-refractivity contribution in [3.05, 3.63) is 59.4 Å². The predicted octanol–water partition coefficient (Wildman–Crippen LogP) is 1.77. The molecule has 0 amide bonds. The largest absolute Gasteiger partial charge is 0.496 e. The molecule has 3 rings (SSSR count). The molecule has 9 heteroatoms. The molecule has 0 fully saturated rings. The quantitative estimate of drug-likeness (QED) is 0.707. The molecule has 0 unspecified atom stereocenters. The molecule has 0 spiro atoms. The molecule has 0 bridgehead atoms. The van der Waals surface area contributed by atoms with Crippen LogP contribution in [0.3, 0.4) is 0 Å². The lowest BCUT2D eigenvalue weighted by Gasteiger charge is -2.10. The second-order valence-electron chi connectivity index (χ2n) is 5.80. The van der Waals surface area contributed by atoms with Crippen molar-refractivity contribution in [3.8, 4) is 11.4 Å². The highest BCUT2D eigenvalue weighted by atomic mass is 32.2. The Morgan fingerprint density at radius 3 is 2.50 bits per heavy atom. The van der Waals surface area contributed by atoms with E-state index in [-0.39, 0.29) is 11.4 Å². The summed E-state index contributed by atoms with van der Waals surface area (Å²) in [4.78, 5) is 0.158. The zero-order valence-corrected chi connectivity index (χ0v) is 15.5. The van der Waals surface area contributed by atoms with Crippen LogP contribution >= 0.6 is 0 Å². The van der Waals surface area contributed by atoms with E-state index in [1.807, 2.05) is 31.2 Å². The number of aromatic nitrogens is 4. The molecule has 26 heavy (non-hydrogen) atoms. The zero-order chi connectivity index (χ0) is 18.7. The lowest BCUT2D eigenvalue weighted by molar-refractivity contribution is 0.411. The molecule has 136 valence electrons. The van der Waals surface area contributed by atoms with Gasteiger partial charge >= 0.3 is 0 Å². The van der Waals surface area contributed by atoms with Gasteiger partial charge in [0.1, 0.15) is 5.75 Å². The smallest absolute Gasteiger partial charge is 0.240 e. The summed E-state index contributed by atoms with van der Waals surface area (Å²) in [5, 5.41) is 11.5. The number of hydrogen-bond acceptors (Lipinski definition) is 6. The summed E-state index contributed by atoms with van der Waals surface area (Å²) in [6, 6.07) is 12.3. The third kappa shape index (κ3) is 3.73. The Balaban J connectivity index is 1.80. The molecule has 0 aliphatic carbocycles. The highest BCUT2D eigenvalue weighted by Crippen LogP contribution is 2.21. The van der Waals surface area contributed by atoms with Crippen LogP contribution in [0, 0.1) is 13.8 Å². The van der Waals surface area contributed by atoms with Gasteiger partial charge in [0.2, 0.25) is 10.0 Å². The van der Waals surface area contributed by atoms with Gasteiger partial charge < -0.3 is 4.74 Å². The topological polar surface area (TPSA) is 99.0 Å². The molecule has 1 N–H and O–H groups in total. The molecule has 1 heterocycles. The van der Waals surface area contributed by atoms with Crippen LogP contribution in [-0.2, 0) is 16.6 Å². The van der Waals surface area contributed by atoms with Crippen molar-refractivity contribution < 1.29 is 13.2 Å². The van der Waals surface area contributed by atoms with Gasteiger partial charge in [0.05, 0.1) is 24.2 Å². The molecule has 2 aromatic carbocycles. The van der Waals surface area contributed by atoms with E-state index in [4.69, 9.17) is 4.74 Å². The molecule has 0 aliphatic heterocycles. The Morgan fingerprint density at radius 1 is 1.12 bits per heavy atom. The maximum absolute atomic E-state index is 12.5. The van der Waals surface area contributed by atoms with Gasteiger partial charge in [-0.25, -0.2) is 13.1 Å². The van der Waals surface area contributed by atoms with Crippen LogP contribution in [0.5, 0.6) is 5.75 Å². The summed E-state index contributed by atoms with van der Waals surface area (Å²) in [5.74, 6) is 1.02. The fourth-order valence-corrected chi connectivity index (χ4v) is 3.53. The molecule has 0 radical (unpaired) electrons. The Kier molecular flexibility index (Phi) is 5.01. The van der Waals surface area contributed by atoms with Gasteiger partial charge in [-0.1, -0.05) is 17.7 Å². The fourth-order valence-electron chi connectivity index (χ4n) is 2.46. The SMILES string of the molecule is COc1ccc(S(=O)(=O)NCc2nnnn2-c2ccc(C)cc2)cc1C. The highest BCUT2D eigenvalue weighted by Gasteiger charge is 2.17. The third-order valence-corrected chi connectivity index (χ3v) is 5.31. The number of nitrogens with one attached hydrogen (secondary N) is 1. The van der Waals surface area contributed by atoms with Crippen molar-refractivity contribution in [2.24, 2.45) is 0 Å². The third-order valence-electron chi connectivity index (χ3n) is 3.91. The normalized spacial score (nSPS) is 11.5. The van der Waals surface area contributed by atoms with E-state index >= 15 is 0 Å². The lowest BCUT2D eigenvalue weighted by Crippen LogP contribution is -2.25.